The molecule has 0 spiro atoms. The van der Waals surface area contributed by atoms with Crippen LogP contribution >= 0.6 is 0 Å². The summed E-state index contributed by atoms with van der Waals surface area (Å²) in [6.45, 7) is 2.85. The Morgan fingerprint density at radius 2 is 1.89 bits per heavy atom. The highest BCUT2D eigenvalue weighted by Crippen LogP contribution is 2.13. The molecule has 0 N–H and O–H groups in total. The lowest BCUT2D eigenvalue weighted by Gasteiger charge is -2.18. The molecule has 3 heteroatoms. The Morgan fingerprint density at radius 3 is 2.56 bits per heavy atom. The molecule has 0 atom stereocenters. The number of nitrogens with zero attached hydrogens (tertiary/aromatic N) is 3. The van der Waals surface area contributed by atoms with E-state index >= 15 is 0 Å². The van der Waals surface area contributed by atoms with Crippen molar-refractivity contribution in [1.29, 1.82) is 5.26 Å². The molecule has 2 rings (SSSR count). The number of aryl methyl sites for hydroxylation is 1. The molecule has 3 nitrogen and oxygen atoms in total. The molecule has 1 aromatic carbocycles. The second-order valence-corrected chi connectivity index (χ2v) is 4.33. The summed E-state index contributed by atoms with van der Waals surface area (Å²) in [4.78, 5) is 6.30. The monoisotopic (exact) mass is 237 g/mol. The topological polar surface area (TPSA) is 39.9 Å². The van der Waals surface area contributed by atoms with E-state index in [2.05, 4.69) is 42.2 Å². The standard InChI is InChI=1S/C15H15N3/c1-12-6-8-13(9-7-12)11-18(2)15-5-3-4-14(10-16)17-15/h3-9H,11H2,1-2H3. The van der Waals surface area contributed by atoms with Gasteiger partial charge in [0.05, 0.1) is 0 Å². The third-order valence-corrected chi connectivity index (χ3v) is 2.78. The van der Waals surface area contributed by atoms with E-state index in [0.29, 0.717) is 5.69 Å². The molecule has 0 saturated heterocycles. The van der Waals surface area contributed by atoms with Gasteiger partial charge in [0.2, 0.25) is 0 Å². The number of benzene rings is 1. The lowest BCUT2D eigenvalue weighted by atomic mass is 10.1. The van der Waals surface area contributed by atoms with E-state index in [1.165, 1.54) is 11.1 Å². The third kappa shape index (κ3) is 2.86. The molecule has 0 saturated carbocycles. The molecule has 90 valence electrons. The summed E-state index contributed by atoms with van der Waals surface area (Å²) in [5, 5.41) is 8.83. The van der Waals surface area contributed by atoms with Crippen LogP contribution in [-0.2, 0) is 6.54 Å². The van der Waals surface area contributed by atoms with Gasteiger partial charge in [0.1, 0.15) is 17.6 Å². The van der Waals surface area contributed by atoms with Crippen LogP contribution in [0.4, 0.5) is 5.82 Å². The molecule has 0 radical (unpaired) electrons. The zero-order valence-corrected chi connectivity index (χ0v) is 10.6. The Hall–Kier alpha value is -2.34. The van der Waals surface area contributed by atoms with Crippen molar-refractivity contribution in [2.45, 2.75) is 13.5 Å². The zero-order chi connectivity index (χ0) is 13.0. The van der Waals surface area contributed by atoms with Crippen LogP contribution in [-0.4, -0.2) is 12.0 Å². The normalized spacial score (nSPS) is 9.83. The van der Waals surface area contributed by atoms with Crippen molar-refractivity contribution < 1.29 is 0 Å². The van der Waals surface area contributed by atoms with E-state index < -0.39 is 0 Å². The Balaban J connectivity index is 2.14. The quantitative estimate of drug-likeness (QED) is 0.824. The molecular formula is C15H15N3. The maximum atomic E-state index is 8.83. The first-order valence-corrected chi connectivity index (χ1v) is 5.83. The summed E-state index contributed by atoms with van der Waals surface area (Å²) in [6.07, 6.45) is 0. The molecule has 0 amide bonds. The Bertz CT molecular complexity index is 567. The van der Waals surface area contributed by atoms with E-state index in [0.717, 1.165) is 12.4 Å². The molecule has 0 unspecified atom stereocenters. The average Bonchev–Trinajstić information content (AvgIpc) is 2.41. The van der Waals surface area contributed by atoms with Crippen LogP contribution in [0.25, 0.3) is 0 Å². The largest absolute Gasteiger partial charge is 0.355 e. The predicted octanol–water partition coefficient (Wildman–Crippen LogP) is 2.90. The van der Waals surface area contributed by atoms with Crippen molar-refractivity contribution in [2.24, 2.45) is 0 Å². The van der Waals surface area contributed by atoms with Crippen LogP contribution in [0.2, 0.25) is 0 Å². The molecule has 0 aliphatic heterocycles. The molecule has 0 aliphatic rings. The van der Waals surface area contributed by atoms with Gasteiger partial charge in [-0.15, -0.1) is 0 Å². The van der Waals surface area contributed by atoms with E-state index in [1.807, 2.05) is 24.1 Å². The molecule has 0 aliphatic carbocycles. The maximum Gasteiger partial charge on any atom is 0.142 e. The van der Waals surface area contributed by atoms with E-state index in [-0.39, 0.29) is 0 Å². The van der Waals surface area contributed by atoms with Crippen LogP contribution < -0.4 is 4.90 Å². The third-order valence-electron chi connectivity index (χ3n) is 2.78. The summed E-state index contributed by atoms with van der Waals surface area (Å²) >= 11 is 0. The predicted molar refractivity (Wildman–Crippen MR) is 72.2 cm³/mol. The number of rotatable bonds is 3. The van der Waals surface area contributed by atoms with Gasteiger partial charge >= 0.3 is 0 Å². The van der Waals surface area contributed by atoms with Gasteiger partial charge < -0.3 is 4.90 Å². The van der Waals surface area contributed by atoms with Gasteiger partial charge in [-0.25, -0.2) is 4.98 Å². The van der Waals surface area contributed by atoms with E-state index in [4.69, 9.17) is 5.26 Å². The minimum absolute atomic E-state index is 0.447. The summed E-state index contributed by atoms with van der Waals surface area (Å²) in [5.74, 6) is 0.814. The van der Waals surface area contributed by atoms with Crippen LogP contribution in [0.1, 0.15) is 16.8 Å². The number of nitriles is 1. The fourth-order valence-electron chi connectivity index (χ4n) is 1.75. The van der Waals surface area contributed by atoms with Crippen LogP contribution in [0.3, 0.4) is 0 Å². The number of aromatic nitrogens is 1. The number of pyridine rings is 1. The first-order chi connectivity index (χ1) is 8.69. The molecular weight excluding hydrogens is 222 g/mol. The fourth-order valence-corrected chi connectivity index (χ4v) is 1.75. The summed E-state index contributed by atoms with van der Waals surface area (Å²) in [6, 6.07) is 16.0. The minimum atomic E-state index is 0.447. The van der Waals surface area contributed by atoms with E-state index in [9.17, 15) is 0 Å². The van der Waals surface area contributed by atoms with Crippen molar-refractivity contribution in [3.63, 3.8) is 0 Å². The highest BCUT2D eigenvalue weighted by Gasteiger charge is 2.04. The number of anilines is 1. The number of hydrogen-bond acceptors (Lipinski definition) is 3. The first-order valence-electron chi connectivity index (χ1n) is 5.83. The van der Waals surface area contributed by atoms with Crippen molar-refractivity contribution in [1.82, 2.24) is 4.98 Å². The number of hydrogen-bond donors (Lipinski definition) is 0. The van der Waals surface area contributed by atoms with Gasteiger partial charge in [0.15, 0.2) is 0 Å². The summed E-state index contributed by atoms with van der Waals surface area (Å²) < 4.78 is 0. The van der Waals surface area contributed by atoms with Gasteiger partial charge in [-0.3, -0.25) is 0 Å². The maximum absolute atomic E-state index is 8.83. The zero-order valence-electron chi connectivity index (χ0n) is 10.6. The Morgan fingerprint density at radius 1 is 1.17 bits per heavy atom. The molecule has 0 fully saturated rings. The molecule has 18 heavy (non-hydrogen) atoms. The SMILES string of the molecule is Cc1ccc(CN(C)c2cccc(C#N)n2)cc1. The first kappa shape index (κ1) is 12.1. The molecule has 2 aromatic rings. The highest BCUT2D eigenvalue weighted by atomic mass is 15.2. The van der Waals surface area contributed by atoms with Gasteiger partial charge in [-0.1, -0.05) is 35.9 Å². The van der Waals surface area contributed by atoms with Crippen LogP contribution in [0.5, 0.6) is 0 Å². The van der Waals surface area contributed by atoms with Crippen molar-refractivity contribution in [3.05, 3.63) is 59.3 Å². The molecule has 0 bridgehead atoms. The van der Waals surface area contributed by atoms with Crippen molar-refractivity contribution >= 4 is 5.82 Å². The lowest BCUT2D eigenvalue weighted by Crippen LogP contribution is -2.17. The smallest absolute Gasteiger partial charge is 0.142 e. The van der Waals surface area contributed by atoms with Gasteiger partial charge in [-0.05, 0) is 24.6 Å². The Kier molecular flexibility index (Phi) is 3.59. The summed E-state index contributed by atoms with van der Waals surface area (Å²) in [5.41, 5.74) is 2.93. The van der Waals surface area contributed by atoms with Crippen molar-refractivity contribution in [2.75, 3.05) is 11.9 Å². The highest BCUT2D eigenvalue weighted by molar-refractivity contribution is 5.41. The summed E-state index contributed by atoms with van der Waals surface area (Å²) in [7, 11) is 1.98. The molecule has 1 aromatic heterocycles. The van der Waals surface area contributed by atoms with Gasteiger partial charge in [0, 0.05) is 13.6 Å². The average molecular weight is 237 g/mol. The van der Waals surface area contributed by atoms with Crippen molar-refractivity contribution in [3.8, 4) is 6.07 Å². The van der Waals surface area contributed by atoms with E-state index in [1.54, 1.807) is 6.07 Å². The second kappa shape index (κ2) is 5.33. The lowest BCUT2D eigenvalue weighted by molar-refractivity contribution is 0.895. The Labute approximate surface area is 107 Å². The van der Waals surface area contributed by atoms with Gasteiger partial charge in [-0.2, -0.15) is 5.26 Å². The fraction of sp³-hybridized carbons (Fsp3) is 0.200. The minimum Gasteiger partial charge on any atom is -0.355 e. The van der Waals surface area contributed by atoms with Crippen LogP contribution in [0.15, 0.2) is 42.5 Å². The van der Waals surface area contributed by atoms with Crippen LogP contribution in [0, 0.1) is 18.3 Å². The molecule has 1 heterocycles. The second-order valence-electron chi connectivity index (χ2n) is 4.33. The van der Waals surface area contributed by atoms with Gasteiger partial charge in [0.25, 0.3) is 0 Å².